The largest absolute Gasteiger partial charge is 0.288 e. The van der Waals surface area contributed by atoms with Gasteiger partial charge in [0.2, 0.25) is 0 Å². The van der Waals surface area contributed by atoms with Gasteiger partial charge in [0.05, 0.1) is 0 Å². The predicted octanol–water partition coefficient (Wildman–Crippen LogP) is 3.53. The fraction of sp³-hybridized carbons (Fsp3) is 0. The zero-order valence-electron chi connectivity index (χ0n) is 10.0. The second-order valence-electron chi connectivity index (χ2n) is 3.91. The molecule has 0 atom stereocenters. The monoisotopic (exact) mass is 273 g/mol. The molecule has 19 heavy (non-hydrogen) atoms. The summed E-state index contributed by atoms with van der Waals surface area (Å²) in [6, 6.07) is 15.5. The van der Waals surface area contributed by atoms with Gasteiger partial charge in [-0.25, -0.2) is 5.48 Å². The molecule has 0 aliphatic rings. The van der Waals surface area contributed by atoms with Gasteiger partial charge in [-0.15, -0.1) is 0 Å². The van der Waals surface area contributed by atoms with Gasteiger partial charge < -0.3 is 0 Å². The summed E-state index contributed by atoms with van der Waals surface area (Å²) in [5, 5.41) is 8.94. The van der Waals surface area contributed by atoms with E-state index in [0.29, 0.717) is 10.6 Å². The van der Waals surface area contributed by atoms with Crippen molar-refractivity contribution in [3.05, 3.63) is 65.2 Å². The van der Waals surface area contributed by atoms with Crippen LogP contribution in [0.3, 0.4) is 0 Å². The van der Waals surface area contributed by atoms with Crippen molar-refractivity contribution in [2.75, 3.05) is 0 Å². The Morgan fingerprint density at radius 3 is 2.47 bits per heavy atom. The van der Waals surface area contributed by atoms with Crippen molar-refractivity contribution in [2.45, 2.75) is 0 Å². The predicted molar refractivity (Wildman–Crippen MR) is 75.9 cm³/mol. The molecule has 0 aromatic heterocycles. The Labute approximate surface area is 116 Å². The minimum atomic E-state index is -0.594. The summed E-state index contributed by atoms with van der Waals surface area (Å²) in [5.74, 6) is -0.594. The van der Waals surface area contributed by atoms with Crippen LogP contribution in [0, 0.1) is 0 Å². The lowest BCUT2D eigenvalue weighted by Crippen LogP contribution is -2.14. The molecule has 2 rings (SSSR count). The SMILES string of the molecule is O=C(/C=C/c1ccc(-c2ccccc2)cc1Cl)NO. The molecule has 0 fully saturated rings. The number of nitrogens with one attached hydrogen (secondary N) is 1. The van der Waals surface area contributed by atoms with E-state index in [9.17, 15) is 4.79 Å². The van der Waals surface area contributed by atoms with E-state index in [0.717, 1.165) is 11.1 Å². The summed E-state index contributed by atoms with van der Waals surface area (Å²) < 4.78 is 0. The van der Waals surface area contributed by atoms with E-state index in [1.165, 1.54) is 11.6 Å². The normalized spacial score (nSPS) is 10.6. The molecule has 2 aromatic carbocycles. The van der Waals surface area contributed by atoms with E-state index in [2.05, 4.69) is 0 Å². The summed E-state index contributed by atoms with van der Waals surface area (Å²) in [5.41, 5.74) is 4.32. The van der Waals surface area contributed by atoms with E-state index in [1.54, 1.807) is 6.08 Å². The van der Waals surface area contributed by atoms with Crippen LogP contribution in [-0.2, 0) is 4.79 Å². The van der Waals surface area contributed by atoms with Crippen LogP contribution in [0.25, 0.3) is 17.2 Å². The quantitative estimate of drug-likeness (QED) is 0.511. The molecule has 0 spiro atoms. The first-order valence-corrected chi connectivity index (χ1v) is 6.05. The number of rotatable bonds is 3. The van der Waals surface area contributed by atoms with Crippen molar-refractivity contribution < 1.29 is 10.0 Å². The third kappa shape index (κ3) is 3.44. The molecule has 2 N–H and O–H groups in total. The lowest BCUT2D eigenvalue weighted by molar-refractivity contribution is -0.124. The highest BCUT2D eigenvalue weighted by Crippen LogP contribution is 2.26. The first kappa shape index (κ1) is 13.3. The standard InChI is InChI=1S/C15H12ClNO2/c16-14-10-13(11-4-2-1-3-5-11)7-6-12(14)8-9-15(18)17-19/h1-10,19H,(H,17,18)/b9-8+. The Morgan fingerprint density at radius 1 is 1.11 bits per heavy atom. The van der Waals surface area contributed by atoms with Gasteiger partial charge in [-0.3, -0.25) is 10.0 Å². The molecule has 0 aliphatic carbocycles. The van der Waals surface area contributed by atoms with Gasteiger partial charge in [0, 0.05) is 11.1 Å². The molecule has 0 heterocycles. The molecule has 0 bridgehead atoms. The minimum absolute atomic E-state index is 0.545. The van der Waals surface area contributed by atoms with Crippen LogP contribution in [0.2, 0.25) is 5.02 Å². The van der Waals surface area contributed by atoms with Crippen LogP contribution in [0.4, 0.5) is 0 Å². The van der Waals surface area contributed by atoms with E-state index in [-0.39, 0.29) is 0 Å². The Morgan fingerprint density at radius 2 is 1.84 bits per heavy atom. The molecular weight excluding hydrogens is 262 g/mol. The second-order valence-corrected chi connectivity index (χ2v) is 4.32. The van der Waals surface area contributed by atoms with Crippen molar-refractivity contribution >= 4 is 23.6 Å². The van der Waals surface area contributed by atoms with E-state index in [1.807, 2.05) is 48.5 Å². The third-order valence-corrected chi connectivity index (χ3v) is 2.96. The van der Waals surface area contributed by atoms with Gasteiger partial charge in [0.15, 0.2) is 0 Å². The van der Waals surface area contributed by atoms with Crippen LogP contribution in [0.15, 0.2) is 54.6 Å². The summed E-state index contributed by atoms with van der Waals surface area (Å²) in [4.78, 5) is 10.9. The average Bonchev–Trinajstić information content (AvgIpc) is 2.46. The number of carbonyl (C=O) groups excluding carboxylic acids is 1. The topological polar surface area (TPSA) is 49.3 Å². The van der Waals surface area contributed by atoms with Gasteiger partial charge in [-0.05, 0) is 28.8 Å². The highest BCUT2D eigenvalue weighted by atomic mass is 35.5. The van der Waals surface area contributed by atoms with E-state index in [4.69, 9.17) is 16.8 Å². The number of halogens is 1. The van der Waals surface area contributed by atoms with Crippen LogP contribution < -0.4 is 5.48 Å². The zero-order chi connectivity index (χ0) is 13.7. The maximum absolute atomic E-state index is 10.9. The number of hydroxylamine groups is 1. The van der Waals surface area contributed by atoms with Crippen molar-refractivity contribution in [1.82, 2.24) is 5.48 Å². The Hall–Kier alpha value is -2.10. The average molecular weight is 274 g/mol. The maximum atomic E-state index is 10.9. The molecule has 0 radical (unpaired) electrons. The number of amides is 1. The molecule has 3 nitrogen and oxygen atoms in total. The fourth-order valence-corrected chi connectivity index (χ4v) is 1.92. The Balaban J connectivity index is 2.28. The molecule has 0 unspecified atom stereocenters. The summed E-state index contributed by atoms with van der Waals surface area (Å²) in [7, 11) is 0. The second kappa shape index (κ2) is 6.18. The van der Waals surface area contributed by atoms with Crippen LogP contribution in [-0.4, -0.2) is 11.1 Å². The van der Waals surface area contributed by atoms with Gasteiger partial charge in [0.1, 0.15) is 0 Å². The molecule has 96 valence electrons. The molecule has 1 amide bonds. The molecular formula is C15H12ClNO2. The molecule has 2 aromatic rings. The summed E-state index contributed by atoms with van der Waals surface area (Å²) >= 11 is 6.16. The molecule has 0 saturated carbocycles. The summed E-state index contributed by atoms with van der Waals surface area (Å²) in [6.07, 6.45) is 2.76. The Bertz CT molecular complexity index is 609. The number of hydrogen-bond donors (Lipinski definition) is 2. The highest BCUT2D eigenvalue weighted by Gasteiger charge is 2.02. The van der Waals surface area contributed by atoms with Crippen LogP contribution in [0.5, 0.6) is 0 Å². The number of hydrogen-bond acceptors (Lipinski definition) is 2. The van der Waals surface area contributed by atoms with Crippen molar-refractivity contribution in [2.24, 2.45) is 0 Å². The lowest BCUT2D eigenvalue weighted by atomic mass is 10.0. The van der Waals surface area contributed by atoms with Gasteiger partial charge in [-0.1, -0.05) is 54.1 Å². The Kier molecular flexibility index (Phi) is 4.34. The fourth-order valence-electron chi connectivity index (χ4n) is 1.68. The highest BCUT2D eigenvalue weighted by molar-refractivity contribution is 6.32. The van der Waals surface area contributed by atoms with E-state index >= 15 is 0 Å². The number of carbonyl (C=O) groups is 1. The first-order chi connectivity index (χ1) is 9.20. The van der Waals surface area contributed by atoms with Crippen molar-refractivity contribution in [1.29, 1.82) is 0 Å². The molecule has 4 heteroatoms. The zero-order valence-corrected chi connectivity index (χ0v) is 10.8. The van der Waals surface area contributed by atoms with Crippen LogP contribution >= 0.6 is 11.6 Å². The van der Waals surface area contributed by atoms with Crippen molar-refractivity contribution in [3.63, 3.8) is 0 Å². The summed E-state index contributed by atoms with van der Waals surface area (Å²) in [6.45, 7) is 0. The number of benzene rings is 2. The maximum Gasteiger partial charge on any atom is 0.267 e. The van der Waals surface area contributed by atoms with E-state index < -0.39 is 5.91 Å². The van der Waals surface area contributed by atoms with Gasteiger partial charge >= 0.3 is 0 Å². The third-order valence-electron chi connectivity index (χ3n) is 2.63. The van der Waals surface area contributed by atoms with Crippen LogP contribution in [0.1, 0.15) is 5.56 Å². The smallest absolute Gasteiger partial charge is 0.267 e. The van der Waals surface area contributed by atoms with Crippen molar-refractivity contribution in [3.8, 4) is 11.1 Å². The minimum Gasteiger partial charge on any atom is -0.288 e. The lowest BCUT2D eigenvalue weighted by Gasteiger charge is -2.04. The van der Waals surface area contributed by atoms with Gasteiger partial charge in [0.25, 0.3) is 5.91 Å². The van der Waals surface area contributed by atoms with Gasteiger partial charge in [-0.2, -0.15) is 0 Å². The molecule has 0 saturated heterocycles. The first-order valence-electron chi connectivity index (χ1n) is 5.68. The molecule has 0 aliphatic heterocycles.